The van der Waals surface area contributed by atoms with Crippen molar-refractivity contribution in [3.63, 3.8) is 0 Å². The summed E-state index contributed by atoms with van der Waals surface area (Å²) in [6, 6.07) is 13.1. The number of benzene rings is 2. The lowest BCUT2D eigenvalue weighted by Crippen LogP contribution is -2.29. The summed E-state index contributed by atoms with van der Waals surface area (Å²) in [4.78, 5) is 11.9. The summed E-state index contributed by atoms with van der Waals surface area (Å²) >= 11 is 0. The third-order valence-corrected chi connectivity index (χ3v) is 3.55. The van der Waals surface area contributed by atoms with E-state index in [0.717, 1.165) is 22.7 Å². The van der Waals surface area contributed by atoms with E-state index in [2.05, 4.69) is 10.6 Å². The van der Waals surface area contributed by atoms with Gasteiger partial charge in [0.1, 0.15) is 5.75 Å². The summed E-state index contributed by atoms with van der Waals surface area (Å²) in [5.41, 5.74) is 1.84. The Morgan fingerprint density at radius 3 is 2.71 bits per heavy atom. The summed E-state index contributed by atoms with van der Waals surface area (Å²) < 4.78 is 16.0. The van der Waals surface area contributed by atoms with Gasteiger partial charge < -0.3 is 24.8 Å². The molecule has 0 spiro atoms. The second-order valence-electron chi connectivity index (χ2n) is 5.28. The highest BCUT2D eigenvalue weighted by Crippen LogP contribution is 2.32. The minimum atomic E-state index is -0.0819. The third kappa shape index (κ3) is 4.10. The van der Waals surface area contributed by atoms with E-state index >= 15 is 0 Å². The van der Waals surface area contributed by atoms with Crippen molar-refractivity contribution < 1.29 is 19.0 Å². The molecule has 1 heterocycles. The second kappa shape index (κ2) is 7.59. The Morgan fingerprint density at radius 1 is 1.12 bits per heavy atom. The number of hydrogen-bond acceptors (Lipinski definition) is 5. The Balaban J connectivity index is 1.44. The van der Waals surface area contributed by atoms with E-state index in [0.29, 0.717) is 18.9 Å². The maximum atomic E-state index is 11.9. The molecule has 0 radical (unpaired) electrons. The van der Waals surface area contributed by atoms with Crippen LogP contribution in [0.5, 0.6) is 17.2 Å². The molecule has 6 nitrogen and oxygen atoms in total. The van der Waals surface area contributed by atoms with Gasteiger partial charge in [-0.2, -0.15) is 0 Å². The molecule has 126 valence electrons. The van der Waals surface area contributed by atoms with Gasteiger partial charge in [0.2, 0.25) is 12.7 Å². The Morgan fingerprint density at radius 2 is 1.92 bits per heavy atom. The summed E-state index contributed by atoms with van der Waals surface area (Å²) in [5, 5.41) is 5.95. The summed E-state index contributed by atoms with van der Waals surface area (Å²) in [6.07, 6.45) is 0. The highest BCUT2D eigenvalue weighted by Gasteiger charge is 2.13. The number of rotatable bonds is 7. The number of carbonyl (C=O) groups is 1. The molecule has 0 atom stereocenters. The normalized spacial score (nSPS) is 11.9. The molecule has 2 aromatic rings. The fourth-order valence-corrected chi connectivity index (χ4v) is 2.33. The van der Waals surface area contributed by atoms with Crippen LogP contribution in [-0.2, 0) is 11.3 Å². The zero-order valence-electron chi connectivity index (χ0n) is 13.5. The number of amides is 1. The molecule has 0 saturated carbocycles. The molecule has 2 N–H and O–H groups in total. The fourth-order valence-electron chi connectivity index (χ4n) is 2.33. The molecule has 1 aliphatic heterocycles. The van der Waals surface area contributed by atoms with E-state index in [1.807, 2.05) is 49.4 Å². The fraction of sp³-hybridized carbons (Fsp3) is 0.278. The Labute approximate surface area is 140 Å². The number of ether oxygens (including phenoxy) is 3. The van der Waals surface area contributed by atoms with Crippen molar-refractivity contribution in [2.45, 2.75) is 13.5 Å². The highest BCUT2D eigenvalue weighted by molar-refractivity contribution is 5.80. The number of fused-ring (bicyclic) bond motifs is 1. The van der Waals surface area contributed by atoms with Crippen LogP contribution in [0.1, 0.15) is 12.5 Å². The lowest BCUT2D eigenvalue weighted by Gasteiger charge is -2.09. The number of carbonyl (C=O) groups excluding carboxylic acids is 1. The maximum absolute atomic E-state index is 11.9. The van der Waals surface area contributed by atoms with Crippen LogP contribution >= 0.6 is 0 Å². The minimum absolute atomic E-state index is 0.0819. The van der Waals surface area contributed by atoms with Gasteiger partial charge in [-0.3, -0.25) is 4.79 Å². The first-order valence-electron chi connectivity index (χ1n) is 7.86. The van der Waals surface area contributed by atoms with Crippen molar-refractivity contribution in [1.29, 1.82) is 0 Å². The van der Waals surface area contributed by atoms with Crippen LogP contribution in [0, 0.1) is 0 Å². The molecule has 6 heteroatoms. The van der Waals surface area contributed by atoms with Crippen LogP contribution in [-0.4, -0.2) is 25.9 Å². The maximum Gasteiger partial charge on any atom is 0.239 e. The monoisotopic (exact) mass is 328 g/mol. The van der Waals surface area contributed by atoms with E-state index in [1.165, 1.54) is 0 Å². The first-order chi connectivity index (χ1) is 11.7. The van der Waals surface area contributed by atoms with Gasteiger partial charge in [0.05, 0.1) is 13.2 Å². The van der Waals surface area contributed by atoms with Gasteiger partial charge in [-0.15, -0.1) is 0 Å². The summed E-state index contributed by atoms with van der Waals surface area (Å²) in [6.45, 7) is 3.47. The van der Waals surface area contributed by atoms with E-state index in [4.69, 9.17) is 14.2 Å². The van der Waals surface area contributed by atoms with Crippen molar-refractivity contribution in [2.24, 2.45) is 0 Å². The van der Waals surface area contributed by atoms with E-state index < -0.39 is 0 Å². The largest absolute Gasteiger partial charge is 0.494 e. The van der Waals surface area contributed by atoms with Crippen molar-refractivity contribution in [3.05, 3.63) is 48.0 Å². The molecule has 0 saturated heterocycles. The van der Waals surface area contributed by atoms with Gasteiger partial charge in [-0.25, -0.2) is 0 Å². The smallest absolute Gasteiger partial charge is 0.239 e. The third-order valence-electron chi connectivity index (χ3n) is 3.55. The minimum Gasteiger partial charge on any atom is -0.494 e. The van der Waals surface area contributed by atoms with E-state index in [1.54, 1.807) is 0 Å². The summed E-state index contributed by atoms with van der Waals surface area (Å²) in [7, 11) is 0. The van der Waals surface area contributed by atoms with Crippen molar-refractivity contribution in [3.8, 4) is 17.2 Å². The Hall–Kier alpha value is -2.89. The molecule has 3 rings (SSSR count). The lowest BCUT2D eigenvalue weighted by molar-refractivity contribution is -0.119. The molecule has 2 aromatic carbocycles. The zero-order chi connectivity index (χ0) is 16.8. The molecule has 0 fully saturated rings. The topological polar surface area (TPSA) is 68.8 Å². The lowest BCUT2D eigenvalue weighted by atomic mass is 10.2. The van der Waals surface area contributed by atoms with Crippen LogP contribution in [0.3, 0.4) is 0 Å². The first-order valence-corrected chi connectivity index (χ1v) is 7.86. The number of hydrogen-bond donors (Lipinski definition) is 2. The zero-order valence-corrected chi connectivity index (χ0v) is 13.5. The molecule has 24 heavy (non-hydrogen) atoms. The van der Waals surface area contributed by atoms with Crippen LogP contribution < -0.4 is 24.8 Å². The predicted octanol–water partition coefficient (Wildman–Crippen LogP) is 2.54. The molecular weight excluding hydrogens is 308 g/mol. The van der Waals surface area contributed by atoms with Crippen molar-refractivity contribution in [2.75, 3.05) is 25.3 Å². The number of anilines is 1. The highest BCUT2D eigenvalue weighted by atomic mass is 16.7. The summed E-state index contributed by atoms with van der Waals surface area (Å²) in [5.74, 6) is 2.19. The molecule has 0 aliphatic carbocycles. The quantitative estimate of drug-likeness (QED) is 0.817. The molecule has 1 amide bonds. The first kappa shape index (κ1) is 16.0. The average molecular weight is 328 g/mol. The van der Waals surface area contributed by atoms with Gasteiger partial charge in [0.15, 0.2) is 11.5 Å². The molecule has 0 bridgehead atoms. The molecule has 1 aliphatic rings. The number of nitrogens with one attached hydrogen (secondary N) is 2. The van der Waals surface area contributed by atoms with Crippen LogP contribution in [0.2, 0.25) is 0 Å². The van der Waals surface area contributed by atoms with E-state index in [-0.39, 0.29) is 19.2 Å². The van der Waals surface area contributed by atoms with Gasteiger partial charge in [0, 0.05) is 12.2 Å². The van der Waals surface area contributed by atoms with Crippen LogP contribution in [0.15, 0.2) is 42.5 Å². The van der Waals surface area contributed by atoms with Crippen LogP contribution in [0.25, 0.3) is 0 Å². The second-order valence-corrected chi connectivity index (χ2v) is 5.28. The SMILES string of the molecule is CCOc1ccc(NCC(=O)NCc2ccc3c(c2)OCO3)cc1. The van der Waals surface area contributed by atoms with Crippen LogP contribution in [0.4, 0.5) is 5.69 Å². The van der Waals surface area contributed by atoms with Gasteiger partial charge in [-0.05, 0) is 48.9 Å². The Kier molecular flexibility index (Phi) is 5.05. The van der Waals surface area contributed by atoms with Gasteiger partial charge >= 0.3 is 0 Å². The van der Waals surface area contributed by atoms with Crippen molar-refractivity contribution >= 4 is 11.6 Å². The van der Waals surface area contributed by atoms with Gasteiger partial charge in [0.25, 0.3) is 0 Å². The molecule has 0 unspecified atom stereocenters. The molecule has 0 aromatic heterocycles. The van der Waals surface area contributed by atoms with E-state index in [9.17, 15) is 4.79 Å². The van der Waals surface area contributed by atoms with Crippen molar-refractivity contribution in [1.82, 2.24) is 5.32 Å². The Bertz CT molecular complexity index is 701. The van der Waals surface area contributed by atoms with Gasteiger partial charge in [-0.1, -0.05) is 6.07 Å². The predicted molar refractivity (Wildman–Crippen MR) is 90.5 cm³/mol. The average Bonchev–Trinajstić information content (AvgIpc) is 3.07. The molecular formula is C18H20N2O4. The standard InChI is InChI=1S/C18H20N2O4/c1-2-22-15-6-4-14(5-7-15)19-11-18(21)20-10-13-3-8-16-17(9-13)24-12-23-16/h3-9,19H,2,10-12H2,1H3,(H,20,21).